The van der Waals surface area contributed by atoms with Gasteiger partial charge in [-0.2, -0.15) is 0 Å². The van der Waals surface area contributed by atoms with Crippen LogP contribution in [0.2, 0.25) is 0 Å². The molecular weight excluding hydrogens is 488 g/mol. The first kappa shape index (κ1) is 34.2. The van der Waals surface area contributed by atoms with Crippen molar-refractivity contribution in [1.29, 1.82) is 0 Å². The van der Waals surface area contributed by atoms with Crippen molar-refractivity contribution >= 4 is 31.7 Å². The molecule has 0 aliphatic carbocycles. The first-order valence-electron chi connectivity index (χ1n) is 14.1. The highest BCUT2D eigenvalue weighted by molar-refractivity contribution is 8.13. The van der Waals surface area contributed by atoms with E-state index in [4.69, 9.17) is 20.2 Å². The Morgan fingerprint density at radius 1 is 0.600 bits per heavy atom. The normalized spacial score (nSPS) is 11.7. The average Bonchev–Trinajstić information content (AvgIpc) is 2.80. The number of unbranched alkanes of at least 4 members (excludes halogenated alkanes) is 16. The first-order chi connectivity index (χ1) is 16.8. The maximum absolute atomic E-state index is 12.2. The predicted molar refractivity (Wildman–Crippen MR) is 144 cm³/mol. The minimum absolute atomic E-state index is 0.154. The van der Waals surface area contributed by atoms with Gasteiger partial charge in [-0.1, -0.05) is 117 Å². The summed E-state index contributed by atoms with van der Waals surface area (Å²) in [4.78, 5) is 24.4. The van der Waals surface area contributed by atoms with E-state index in [9.17, 15) is 18.0 Å². The Labute approximate surface area is 219 Å². The van der Waals surface area contributed by atoms with Gasteiger partial charge in [-0.05, 0) is 12.8 Å². The minimum Gasteiger partial charge on any atom is -0.425 e. The van der Waals surface area contributed by atoms with E-state index in [2.05, 4.69) is 13.8 Å². The SMILES string of the molecule is CCCCCCCCCCCC(=O)OC(CCS(=O)(=O)Cl)OC(=O)CCCCCCCCCCC. The van der Waals surface area contributed by atoms with E-state index >= 15 is 0 Å². The molecule has 0 amide bonds. The van der Waals surface area contributed by atoms with Crippen LogP contribution in [0.4, 0.5) is 0 Å². The number of carbonyl (C=O) groups excluding carboxylic acids is 2. The smallest absolute Gasteiger partial charge is 0.308 e. The monoisotopic (exact) mass is 538 g/mol. The quantitative estimate of drug-likeness (QED) is 0.0503. The van der Waals surface area contributed by atoms with Gasteiger partial charge in [0.25, 0.3) is 0 Å². The number of rotatable bonds is 25. The highest BCUT2D eigenvalue weighted by atomic mass is 35.7. The molecule has 0 aromatic heterocycles. The Bertz CT molecular complexity index is 587. The predicted octanol–water partition coefficient (Wildman–Crippen LogP) is 8.20. The Balaban J connectivity index is 4.13. The molecule has 0 radical (unpaired) electrons. The van der Waals surface area contributed by atoms with Gasteiger partial charge in [0.05, 0.1) is 5.75 Å². The summed E-state index contributed by atoms with van der Waals surface area (Å²) in [6.45, 7) is 4.41. The van der Waals surface area contributed by atoms with Crippen LogP contribution in [0.15, 0.2) is 0 Å². The zero-order valence-electron chi connectivity index (χ0n) is 22.4. The molecule has 0 atom stereocenters. The highest BCUT2D eigenvalue weighted by Gasteiger charge is 2.21. The third-order valence-corrected chi connectivity index (χ3v) is 7.28. The molecule has 0 spiro atoms. The van der Waals surface area contributed by atoms with Gasteiger partial charge in [-0.25, -0.2) is 8.42 Å². The van der Waals surface area contributed by atoms with Crippen molar-refractivity contribution in [1.82, 2.24) is 0 Å². The molecule has 0 N–H and O–H groups in total. The molecule has 35 heavy (non-hydrogen) atoms. The van der Waals surface area contributed by atoms with Crippen molar-refractivity contribution in [3.05, 3.63) is 0 Å². The molecule has 0 aromatic rings. The molecule has 0 rings (SSSR count). The van der Waals surface area contributed by atoms with Crippen molar-refractivity contribution in [2.75, 3.05) is 5.75 Å². The molecule has 0 unspecified atom stereocenters. The second kappa shape index (κ2) is 23.6. The Kier molecular flexibility index (Phi) is 23.0. The fraction of sp³-hybridized carbons (Fsp3) is 0.926. The molecule has 208 valence electrons. The highest BCUT2D eigenvalue weighted by Crippen LogP contribution is 2.15. The summed E-state index contributed by atoms with van der Waals surface area (Å²) in [7, 11) is 1.51. The number of carbonyl (C=O) groups is 2. The molecule has 0 aromatic carbocycles. The summed E-state index contributed by atoms with van der Waals surface area (Å²) in [5.41, 5.74) is 0. The van der Waals surface area contributed by atoms with E-state index in [0.29, 0.717) is 12.8 Å². The lowest BCUT2D eigenvalue weighted by Gasteiger charge is -2.18. The number of esters is 2. The second-order valence-electron chi connectivity index (χ2n) is 9.60. The lowest BCUT2D eigenvalue weighted by Crippen LogP contribution is -2.26. The fourth-order valence-corrected chi connectivity index (χ4v) is 4.69. The molecule has 0 heterocycles. The maximum Gasteiger partial charge on any atom is 0.308 e. The Morgan fingerprint density at radius 3 is 1.23 bits per heavy atom. The zero-order valence-corrected chi connectivity index (χ0v) is 23.9. The summed E-state index contributed by atoms with van der Waals surface area (Å²) in [6.07, 6.45) is 19.6. The van der Waals surface area contributed by atoms with Crippen molar-refractivity contribution in [3.63, 3.8) is 0 Å². The standard InChI is InChI=1S/C27H51ClO6S/c1-3-5-7-9-11-13-15-17-19-21-25(29)33-27(23-24-35(28,31)32)34-26(30)22-20-18-16-14-12-10-8-6-4-2/h27H,3-24H2,1-2H3. The second-order valence-corrected chi connectivity index (χ2v) is 12.5. The van der Waals surface area contributed by atoms with Crippen molar-refractivity contribution in [3.8, 4) is 0 Å². The molecule has 0 bridgehead atoms. The van der Waals surface area contributed by atoms with Crippen LogP contribution in [0, 0.1) is 0 Å². The third kappa shape index (κ3) is 26.1. The fourth-order valence-electron chi connectivity index (χ4n) is 3.95. The third-order valence-electron chi connectivity index (χ3n) is 6.09. The van der Waals surface area contributed by atoms with E-state index in [1.165, 1.54) is 77.0 Å². The van der Waals surface area contributed by atoms with Crippen LogP contribution in [-0.4, -0.2) is 32.4 Å². The average molecular weight is 539 g/mol. The Hall–Kier alpha value is -0.820. The first-order valence-corrected chi connectivity index (χ1v) is 16.6. The molecule has 0 aliphatic rings. The van der Waals surface area contributed by atoms with Gasteiger partial charge in [0.2, 0.25) is 15.3 Å². The maximum atomic E-state index is 12.2. The van der Waals surface area contributed by atoms with E-state index in [0.717, 1.165) is 25.7 Å². The molecule has 8 heteroatoms. The van der Waals surface area contributed by atoms with Gasteiger partial charge in [0.1, 0.15) is 0 Å². The van der Waals surface area contributed by atoms with Gasteiger partial charge >= 0.3 is 11.9 Å². The Morgan fingerprint density at radius 2 is 0.914 bits per heavy atom. The zero-order chi connectivity index (χ0) is 26.2. The van der Waals surface area contributed by atoms with Crippen LogP contribution < -0.4 is 0 Å². The van der Waals surface area contributed by atoms with Gasteiger partial charge < -0.3 is 9.47 Å². The molecule has 0 aliphatic heterocycles. The summed E-state index contributed by atoms with van der Waals surface area (Å²) in [6, 6.07) is 0. The van der Waals surface area contributed by atoms with Crippen LogP contribution in [0.5, 0.6) is 0 Å². The largest absolute Gasteiger partial charge is 0.425 e. The topological polar surface area (TPSA) is 86.7 Å². The summed E-state index contributed by atoms with van der Waals surface area (Å²) < 4.78 is 33.2. The number of hydrogen-bond acceptors (Lipinski definition) is 6. The molecule has 0 saturated carbocycles. The van der Waals surface area contributed by atoms with Crippen molar-refractivity contribution in [2.45, 2.75) is 155 Å². The van der Waals surface area contributed by atoms with E-state index < -0.39 is 33.0 Å². The molecular formula is C27H51ClO6S. The molecule has 0 saturated heterocycles. The van der Waals surface area contributed by atoms with Crippen LogP contribution in [-0.2, 0) is 28.1 Å². The van der Waals surface area contributed by atoms with E-state index in [1.54, 1.807) is 0 Å². The van der Waals surface area contributed by atoms with Crippen LogP contribution in [0.1, 0.15) is 149 Å². The van der Waals surface area contributed by atoms with Crippen molar-refractivity contribution in [2.24, 2.45) is 0 Å². The van der Waals surface area contributed by atoms with Gasteiger partial charge in [0, 0.05) is 29.9 Å². The lowest BCUT2D eigenvalue weighted by atomic mass is 10.1. The van der Waals surface area contributed by atoms with Gasteiger partial charge in [-0.15, -0.1) is 0 Å². The summed E-state index contributed by atoms with van der Waals surface area (Å²) in [5, 5.41) is 0. The van der Waals surface area contributed by atoms with Crippen LogP contribution in [0.25, 0.3) is 0 Å². The van der Waals surface area contributed by atoms with E-state index in [1.807, 2.05) is 0 Å². The number of ether oxygens (including phenoxy) is 2. The minimum atomic E-state index is -3.77. The van der Waals surface area contributed by atoms with Crippen LogP contribution >= 0.6 is 10.7 Å². The van der Waals surface area contributed by atoms with Gasteiger partial charge in [0.15, 0.2) is 0 Å². The summed E-state index contributed by atoms with van der Waals surface area (Å²) in [5.74, 6) is -1.36. The van der Waals surface area contributed by atoms with Gasteiger partial charge in [-0.3, -0.25) is 9.59 Å². The summed E-state index contributed by atoms with van der Waals surface area (Å²) >= 11 is 0. The number of halogens is 1. The number of hydrogen-bond donors (Lipinski definition) is 0. The molecule has 0 fully saturated rings. The van der Waals surface area contributed by atoms with Crippen molar-refractivity contribution < 1.29 is 27.5 Å². The van der Waals surface area contributed by atoms with Crippen LogP contribution in [0.3, 0.4) is 0 Å². The molecule has 6 nitrogen and oxygen atoms in total. The lowest BCUT2D eigenvalue weighted by molar-refractivity contribution is -0.188. The van der Waals surface area contributed by atoms with E-state index in [-0.39, 0.29) is 19.3 Å².